The first-order valence-electron chi connectivity index (χ1n) is 9.01. The standard InChI is InChI=1S/C22H18ClNO3/c23-15-11-9-14(10-12-15)19-13-17(16-5-1-2-6-18(16)24-19)22(26)27-21-8-4-3-7-20(21)25/h1-2,5-6,9-13,21H,3-4,7-8H2/t21-/m0/s1. The summed E-state index contributed by atoms with van der Waals surface area (Å²) in [7, 11) is 0. The van der Waals surface area contributed by atoms with Crippen LogP contribution in [0.15, 0.2) is 54.6 Å². The number of carbonyl (C=O) groups is 2. The van der Waals surface area contributed by atoms with Crippen LogP contribution in [0.25, 0.3) is 22.2 Å². The summed E-state index contributed by atoms with van der Waals surface area (Å²) >= 11 is 5.97. The first-order chi connectivity index (χ1) is 13.1. The summed E-state index contributed by atoms with van der Waals surface area (Å²) in [5.41, 5.74) is 2.64. The number of fused-ring (bicyclic) bond motifs is 1. The molecule has 1 aliphatic carbocycles. The Morgan fingerprint density at radius 3 is 2.63 bits per heavy atom. The summed E-state index contributed by atoms with van der Waals surface area (Å²) in [5, 5.41) is 1.35. The zero-order chi connectivity index (χ0) is 18.8. The van der Waals surface area contributed by atoms with Gasteiger partial charge in [-0.05, 0) is 43.5 Å². The number of pyridine rings is 1. The molecule has 4 nitrogen and oxygen atoms in total. The van der Waals surface area contributed by atoms with E-state index in [0.717, 1.165) is 18.4 Å². The highest BCUT2D eigenvalue weighted by atomic mass is 35.5. The first kappa shape index (κ1) is 17.7. The van der Waals surface area contributed by atoms with Gasteiger partial charge < -0.3 is 4.74 Å². The van der Waals surface area contributed by atoms with Gasteiger partial charge in [0.1, 0.15) is 0 Å². The summed E-state index contributed by atoms with van der Waals surface area (Å²) in [6, 6.07) is 16.4. The maximum Gasteiger partial charge on any atom is 0.339 e. The fraction of sp³-hybridized carbons (Fsp3) is 0.227. The minimum atomic E-state index is -0.642. The number of halogens is 1. The molecule has 2 aromatic carbocycles. The summed E-state index contributed by atoms with van der Waals surface area (Å²) in [6.07, 6.45) is 2.20. The highest BCUT2D eigenvalue weighted by molar-refractivity contribution is 6.30. The Morgan fingerprint density at radius 2 is 1.85 bits per heavy atom. The predicted molar refractivity (Wildman–Crippen MR) is 105 cm³/mol. The molecular formula is C22H18ClNO3. The fourth-order valence-electron chi connectivity index (χ4n) is 3.38. The normalized spacial score (nSPS) is 17.1. The maximum atomic E-state index is 12.9. The highest BCUT2D eigenvalue weighted by Crippen LogP contribution is 2.27. The third-order valence-electron chi connectivity index (χ3n) is 4.82. The van der Waals surface area contributed by atoms with E-state index in [1.807, 2.05) is 36.4 Å². The number of esters is 1. The molecule has 136 valence electrons. The third kappa shape index (κ3) is 3.71. The molecule has 0 bridgehead atoms. The van der Waals surface area contributed by atoms with Gasteiger partial charge in [0.15, 0.2) is 11.9 Å². The van der Waals surface area contributed by atoms with Crippen molar-refractivity contribution in [1.29, 1.82) is 0 Å². The van der Waals surface area contributed by atoms with E-state index in [9.17, 15) is 9.59 Å². The van der Waals surface area contributed by atoms with Crippen LogP contribution in [0.1, 0.15) is 36.0 Å². The lowest BCUT2D eigenvalue weighted by molar-refractivity contribution is -0.129. The molecule has 0 spiro atoms. The van der Waals surface area contributed by atoms with E-state index >= 15 is 0 Å². The van der Waals surface area contributed by atoms with Crippen LogP contribution in [0.3, 0.4) is 0 Å². The van der Waals surface area contributed by atoms with Crippen molar-refractivity contribution in [2.45, 2.75) is 31.8 Å². The minimum absolute atomic E-state index is 0.00545. The van der Waals surface area contributed by atoms with Gasteiger partial charge in [-0.1, -0.05) is 41.9 Å². The van der Waals surface area contributed by atoms with Gasteiger partial charge in [-0.2, -0.15) is 0 Å². The number of hydrogen-bond donors (Lipinski definition) is 0. The van der Waals surface area contributed by atoms with Crippen molar-refractivity contribution in [2.75, 3.05) is 0 Å². The largest absolute Gasteiger partial charge is 0.451 e. The molecule has 1 fully saturated rings. The van der Waals surface area contributed by atoms with Gasteiger partial charge in [0.05, 0.1) is 16.8 Å². The Labute approximate surface area is 162 Å². The van der Waals surface area contributed by atoms with Gasteiger partial charge in [-0.25, -0.2) is 9.78 Å². The lowest BCUT2D eigenvalue weighted by Crippen LogP contribution is -2.30. The van der Waals surface area contributed by atoms with Crippen molar-refractivity contribution in [1.82, 2.24) is 4.98 Å². The number of Topliss-reactive ketones (excluding diaryl/α,β-unsaturated/α-hetero) is 1. The lowest BCUT2D eigenvalue weighted by atomic mass is 9.96. The van der Waals surface area contributed by atoms with Crippen molar-refractivity contribution < 1.29 is 14.3 Å². The van der Waals surface area contributed by atoms with Crippen LogP contribution in [0, 0.1) is 0 Å². The van der Waals surface area contributed by atoms with Crippen LogP contribution in [0.4, 0.5) is 0 Å². The van der Waals surface area contributed by atoms with Crippen LogP contribution < -0.4 is 0 Å². The SMILES string of the molecule is O=C(O[C@H]1CCCCC1=O)c1cc(-c2ccc(Cl)cc2)nc2ccccc12. The molecular weight excluding hydrogens is 362 g/mol. The quantitative estimate of drug-likeness (QED) is 0.585. The Bertz CT molecular complexity index is 1010. The van der Waals surface area contributed by atoms with Crippen molar-refractivity contribution in [2.24, 2.45) is 0 Å². The molecule has 0 aliphatic heterocycles. The second kappa shape index (κ2) is 7.49. The molecule has 0 N–H and O–H groups in total. The topological polar surface area (TPSA) is 56.3 Å². The van der Waals surface area contributed by atoms with Gasteiger partial charge in [0.25, 0.3) is 0 Å². The number of benzene rings is 2. The molecule has 5 heteroatoms. The Balaban J connectivity index is 1.75. The number of hydrogen-bond acceptors (Lipinski definition) is 4. The van der Waals surface area contributed by atoms with Crippen LogP contribution in [-0.4, -0.2) is 22.8 Å². The van der Waals surface area contributed by atoms with E-state index in [1.165, 1.54) is 0 Å². The van der Waals surface area contributed by atoms with Crippen LogP contribution in [0.5, 0.6) is 0 Å². The first-order valence-corrected chi connectivity index (χ1v) is 9.39. The molecule has 4 rings (SSSR count). The van der Waals surface area contributed by atoms with Gasteiger partial charge in [0, 0.05) is 22.4 Å². The molecule has 1 aromatic heterocycles. The lowest BCUT2D eigenvalue weighted by Gasteiger charge is -2.21. The van der Waals surface area contributed by atoms with E-state index in [4.69, 9.17) is 16.3 Å². The molecule has 1 aliphatic rings. The summed E-state index contributed by atoms with van der Waals surface area (Å²) in [4.78, 5) is 29.6. The van der Waals surface area contributed by atoms with E-state index in [2.05, 4.69) is 4.98 Å². The smallest absolute Gasteiger partial charge is 0.339 e. The molecule has 0 unspecified atom stereocenters. The van der Waals surface area contributed by atoms with Crippen LogP contribution >= 0.6 is 11.6 Å². The number of nitrogens with zero attached hydrogens (tertiary/aromatic N) is 1. The van der Waals surface area contributed by atoms with Gasteiger partial charge in [-0.3, -0.25) is 4.79 Å². The number of para-hydroxylation sites is 1. The highest BCUT2D eigenvalue weighted by Gasteiger charge is 2.27. The Kier molecular flexibility index (Phi) is 4.90. The number of ketones is 1. The zero-order valence-electron chi connectivity index (χ0n) is 14.7. The molecule has 27 heavy (non-hydrogen) atoms. The Morgan fingerprint density at radius 1 is 1.07 bits per heavy atom. The van der Waals surface area contributed by atoms with Crippen molar-refractivity contribution >= 4 is 34.3 Å². The minimum Gasteiger partial charge on any atom is -0.451 e. The van der Waals surface area contributed by atoms with E-state index in [1.54, 1.807) is 18.2 Å². The van der Waals surface area contributed by atoms with Crippen molar-refractivity contribution in [3.63, 3.8) is 0 Å². The molecule has 0 radical (unpaired) electrons. The van der Waals surface area contributed by atoms with Gasteiger partial charge >= 0.3 is 5.97 Å². The molecule has 1 atom stereocenters. The number of aromatic nitrogens is 1. The van der Waals surface area contributed by atoms with Gasteiger partial charge in [0.2, 0.25) is 0 Å². The van der Waals surface area contributed by atoms with Crippen LogP contribution in [0.2, 0.25) is 5.02 Å². The molecule has 3 aromatic rings. The Hall–Kier alpha value is -2.72. The van der Waals surface area contributed by atoms with Crippen LogP contribution in [-0.2, 0) is 9.53 Å². The maximum absolute atomic E-state index is 12.9. The monoisotopic (exact) mass is 379 g/mol. The average Bonchev–Trinajstić information content (AvgIpc) is 2.69. The predicted octanol–water partition coefficient (Wildman–Crippen LogP) is 5.22. The van der Waals surface area contributed by atoms with E-state index < -0.39 is 12.1 Å². The summed E-state index contributed by atoms with van der Waals surface area (Å²) in [6.45, 7) is 0. The molecule has 0 saturated heterocycles. The van der Waals surface area contributed by atoms with Crippen molar-refractivity contribution in [3.8, 4) is 11.3 Å². The van der Waals surface area contributed by atoms with E-state index in [0.29, 0.717) is 40.0 Å². The molecule has 1 heterocycles. The number of carbonyl (C=O) groups excluding carboxylic acids is 2. The second-order valence-electron chi connectivity index (χ2n) is 6.69. The second-order valence-corrected chi connectivity index (χ2v) is 7.12. The molecule has 0 amide bonds. The third-order valence-corrected chi connectivity index (χ3v) is 5.08. The summed E-state index contributed by atoms with van der Waals surface area (Å²) < 4.78 is 5.57. The van der Waals surface area contributed by atoms with Gasteiger partial charge in [-0.15, -0.1) is 0 Å². The number of ether oxygens (including phenoxy) is 1. The van der Waals surface area contributed by atoms with E-state index in [-0.39, 0.29) is 5.78 Å². The average molecular weight is 380 g/mol. The fourth-order valence-corrected chi connectivity index (χ4v) is 3.51. The number of rotatable bonds is 3. The zero-order valence-corrected chi connectivity index (χ0v) is 15.4. The molecule has 1 saturated carbocycles. The van der Waals surface area contributed by atoms with Crippen molar-refractivity contribution in [3.05, 3.63) is 65.2 Å². The summed E-state index contributed by atoms with van der Waals surface area (Å²) in [5.74, 6) is -0.477.